The third-order valence-corrected chi connectivity index (χ3v) is 3.35. The Morgan fingerprint density at radius 1 is 1.60 bits per heavy atom. The van der Waals surface area contributed by atoms with Gasteiger partial charge in [-0.15, -0.1) is 11.3 Å². The highest BCUT2D eigenvalue weighted by Crippen LogP contribution is 2.19. The van der Waals surface area contributed by atoms with E-state index in [9.17, 15) is 5.11 Å². The van der Waals surface area contributed by atoms with E-state index in [2.05, 4.69) is 4.98 Å². The van der Waals surface area contributed by atoms with E-state index in [1.807, 2.05) is 26.2 Å². The smallest absolute Gasteiger partial charge is 0.0953 e. The highest BCUT2D eigenvalue weighted by atomic mass is 32.1. The second-order valence-corrected chi connectivity index (χ2v) is 5.35. The first kappa shape index (κ1) is 12.6. The molecule has 1 heterocycles. The lowest BCUT2D eigenvalue weighted by atomic mass is 9.99. The molecule has 0 fully saturated rings. The molecule has 1 aromatic heterocycles. The molecule has 0 saturated heterocycles. The molecule has 0 aliphatic rings. The highest BCUT2D eigenvalue weighted by molar-refractivity contribution is 7.09. The van der Waals surface area contributed by atoms with E-state index >= 15 is 0 Å². The third kappa shape index (κ3) is 4.28. The van der Waals surface area contributed by atoms with Gasteiger partial charge in [0.1, 0.15) is 0 Å². The van der Waals surface area contributed by atoms with Gasteiger partial charge in [0.25, 0.3) is 0 Å². The van der Waals surface area contributed by atoms with Crippen molar-refractivity contribution < 1.29 is 9.84 Å². The van der Waals surface area contributed by atoms with Crippen LogP contribution >= 0.6 is 11.3 Å². The van der Waals surface area contributed by atoms with Gasteiger partial charge < -0.3 is 9.84 Å². The van der Waals surface area contributed by atoms with Crippen LogP contribution in [0.1, 0.15) is 31.0 Å². The zero-order valence-corrected chi connectivity index (χ0v) is 10.6. The first-order chi connectivity index (χ1) is 6.93. The summed E-state index contributed by atoms with van der Waals surface area (Å²) < 4.78 is 5.27. The van der Waals surface area contributed by atoms with Gasteiger partial charge in [-0.1, -0.05) is 0 Å². The fraction of sp³-hybridized carbons (Fsp3) is 0.727. The summed E-state index contributed by atoms with van der Waals surface area (Å²) in [6, 6.07) is 0. The largest absolute Gasteiger partial charge is 0.393 e. The van der Waals surface area contributed by atoms with Gasteiger partial charge in [-0.2, -0.15) is 0 Å². The van der Waals surface area contributed by atoms with Crippen LogP contribution in [-0.4, -0.2) is 28.9 Å². The standard InChI is InChI=1S/C11H19NO2S/c1-8-7-15-10(12-8)5-9(13)6-11(2,3)14-4/h7,9,13H,5-6H2,1-4H3. The van der Waals surface area contributed by atoms with Crippen molar-refractivity contribution in [2.45, 2.75) is 45.3 Å². The Bertz CT molecular complexity index is 309. The van der Waals surface area contributed by atoms with E-state index in [-0.39, 0.29) is 11.7 Å². The Balaban J connectivity index is 2.46. The lowest BCUT2D eigenvalue weighted by molar-refractivity contribution is -0.0190. The maximum atomic E-state index is 9.87. The summed E-state index contributed by atoms with van der Waals surface area (Å²) in [5.41, 5.74) is 0.749. The molecule has 15 heavy (non-hydrogen) atoms. The van der Waals surface area contributed by atoms with Crippen LogP contribution in [0.4, 0.5) is 0 Å². The molecule has 86 valence electrons. The molecule has 0 saturated carbocycles. The molecule has 1 rings (SSSR count). The normalized spacial score (nSPS) is 14.2. The second-order valence-electron chi connectivity index (χ2n) is 4.41. The van der Waals surface area contributed by atoms with Gasteiger partial charge in [-0.25, -0.2) is 4.98 Å². The number of rotatable bonds is 5. The molecule has 0 aromatic carbocycles. The summed E-state index contributed by atoms with van der Waals surface area (Å²) in [7, 11) is 1.67. The minimum atomic E-state index is -0.384. The van der Waals surface area contributed by atoms with Gasteiger partial charge in [0, 0.05) is 31.0 Å². The lowest BCUT2D eigenvalue weighted by Crippen LogP contribution is -2.29. The molecular weight excluding hydrogens is 210 g/mol. The van der Waals surface area contributed by atoms with Crippen LogP contribution < -0.4 is 0 Å². The summed E-state index contributed by atoms with van der Waals surface area (Å²) in [6.45, 7) is 5.91. The summed E-state index contributed by atoms with van der Waals surface area (Å²) in [4.78, 5) is 4.32. The van der Waals surface area contributed by atoms with Crippen LogP contribution in [-0.2, 0) is 11.2 Å². The quantitative estimate of drug-likeness (QED) is 0.841. The first-order valence-corrected chi connectivity index (χ1v) is 5.95. The second kappa shape index (κ2) is 5.05. The van der Waals surface area contributed by atoms with Crippen molar-refractivity contribution in [3.63, 3.8) is 0 Å². The molecule has 0 aliphatic heterocycles. The zero-order valence-electron chi connectivity index (χ0n) is 9.78. The SMILES string of the molecule is COC(C)(C)CC(O)Cc1nc(C)cs1. The monoisotopic (exact) mass is 229 g/mol. The average molecular weight is 229 g/mol. The van der Waals surface area contributed by atoms with Crippen molar-refractivity contribution in [3.8, 4) is 0 Å². The van der Waals surface area contributed by atoms with Crippen LogP contribution in [0.25, 0.3) is 0 Å². The fourth-order valence-electron chi connectivity index (χ4n) is 1.42. The fourth-order valence-corrected chi connectivity index (χ4v) is 2.27. The lowest BCUT2D eigenvalue weighted by Gasteiger charge is -2.25. The number of hydrogen-bond acceptors (Lipinski definition) is 4. The number of thiazole rings is 1. The Labute approximate surface area is 95.1 Å². The molecule has 3 nitrogen and oxygen atoms in total. The molecule has 1 N–H and O–H groups in total. The van der Waals surface area contributed by atoms with Crippen molar-refractivity contribution in [1.82, 2.24) is 4.98 Å². The number of nitrogens with zero attached hydrogens (tertiary/aromatic N) is 1. The molecule has 4 heteroatoms. The highest BCUT2D eigenvalue weighted by Gasteiger charge is 2.22. The number of hydrogen-bond donors (Lipinski definition) is 1. The summed E-state index contributed by atoms with van der Waals surface area (Å²) in [5.74, 6) is 0. The van der Waals surface area contributed by atoms with Gasteiger partial charge in [0.2, 0.25) is 0 Å². The number of aliphatic hydroxyl groups is 1. The van der Waals surface area contributed by atoms with Gasteiger partial charge in [-0.05, 0) is 20.8 Å². The predicted octanol–water partition coefficient (Wildman–Crippen LogP) is 2.17. The van der Waals surface area contributed by atoms with Crippen LogP contribution in [0.2, 0.25) is 0 Å². The first-order valence-electron chi connectivity index (χ1n) is 5.07. The van der Waals surface area contributed by atoms with E-state index in [1.54, 1.807) is 18.4 Å². The minimum Gasteiger partial charge on any atom is -0.393 e. The maximum absolute atomic E-state index is 9.87. The Hall–Kier alpha value is -0.450. The molecule has 0 radical (unpaired) electrons. The van der Waals surface area contributed by atoms with E-state index in [0.717, 1.165) is 10.7 Å². The summed E-state index contributed by atoms with van der Waals surface area (Å²) >= 11 is 1.60. The van der Waals surface area contributed by atoms with Crippen molar-refractivity contribution in [3.05, 3.63) is 16.1 Å². The molecular formula is C11H19NO2S. The number of ether oxygens (including phenoxy) is 1. The minimum absolute atomic E-state index is 0.272. The molecule has 0 bridgehead atoms. The van der Waals surface area contributed by atoms with Crippen LogP contribution in [0.15, 0.2) is 5.38 Å². The Morgan fingerprint density at radius 2 is 2.27 bits per heavy atom. The van der Waals surface area contributed by atoms with Gasteiger partial charge in [0.05, 0.1) is 16.7 Å². The number of aryl methyl sites for hydroxylation is 1. The van der Waals surface area contributed by atoms with Crippen molar-refractivity contribution in [2.75, 3.05) is 7.11 Å². The van der Waals surface area contributed by atoms with Crippen LogP contribution in [0, 0.1) is 6.92 Å². The summed E-state index contributed by atoms with van der Waals surface area (Å²) in [5, 5.41) is 12.9. The van der Waals surface area contributed by atoms with Crippen molar-refractivity contribution in [2.24, 2.45) is 0 Å². The van der Waals surface area contributed by atoms with Crippen LogP contribution in [0.3, 0.4) is 0 Å². The van der Waals surface area contributed by atoms with Gasteiger partial charge in [-0.3, -0.25) is 0 Å². The number of aliphatic hydroxyl groups excluding tert-OH is 1. The molecule has 1 unspecified atom stereocenters. The van der Waals surface area contributed by atoms with Crippen LogP contribution in [0.5, 0.6) is 0 Å². The molecule has 0 amide bonds. The maximum Gasteiger partial charge on any atom is 0.0953 e. The molecule has 1 atom stereocenters. The number of aromatic nitrogens is 1. The zero-order chi connectivity index (χ0) is 11.5. The molecule has 0 aliphatic carbocycles. The molecule has 0 spiro atoms. The van der Waals surface area contributed by atoms with E-state index in [0.29, 0.717) is 12.8 Å². The van der Waals surface area contributed by atoms with Crippen molar-refractivity contribution >= 4 is 11.3 Å². The third-order valence-electron chi connectivity index (χ3n) is 2.36. The Kier molecular flexibility index (Phi) is 4.25. The molecule has 1 aromatic rings. The van der Waals surface area contributed by atoms with Gasteiger partial charge in [0.15, 0.2) is 0 Å². The average Bonchev–Trinajstić information content (AvgIpc) is 2.50. The van der Waals surface area contributed by atoms with Crippen molar-refractivity contribution in [1.29, 1.82) is 0 Å². The van der Waals surface area contributed by atoms with E-state index in [1.165, 1.54) is 0 Å². The van der Waals surface area contributed by atoms with Gasteiger partial charge >= 0.3 is 0 Å². The summed E-state index contributed by atoms with van der Waals surface area (Å²) in [6.07, 6.45) is 0.860. The van der Waals surface area contributed by atoms with E-state index < -0.39 is 0 Å². The topological polar surface area (TPSA) is 42.4 Å². The Morgan fingerprint density at radius 3 is 2.73 bits per heavy atom. The van der Waals surface area contributed by atoms with E-state index in [4.69, 9.17) is 4.74 Å². The predicted molar refractivity (Wildman–Crippen MR) is 62.3 cm³/mol. The number of methoxy groups -OCH3 is 1.